The molecule has 5 heteroatoms. The Hall–Kier alpha value is -0.680. The van der Waals surface area contributed by atoms with Crippen molar-refractivity contribution in [2.24, 2.45) is 5.92 Å². The standard InChI is InChI=1S/C12H22N4S/c1-9(2)11-13-14-12(17)16(11)8-10-4-6-15(3)7-5-10/h9-10H,4-8H2,1-3H3,(H,14,17). The number of likely N-dealkylation sites (tertiary alicyclic amines) is 1. The third-order valence-electron chi connectivity index (χ3n) is 3.58. The highest BCUT2D eigenvalue weighted by Crippen LogP contribution is 2.20. The lowest BCUT2D eigenvalue weighted by molar-refractivity contribution is 0.203. The van der Waals surface area contributed by atoms with E-state index in [1.54, 1.807) is 0 Å². The van der Waals surface area contributed by atoms with E-state index in [1.807, 2.05) is 0 Å². The predicted molar refractivity (Wildman–Crippen MR) is 71.7 cm³/mol. The van der Waals surface area contributed by atoms with Gasteiger partial charge in [-0.2, -0.15) is 5.10 Å². The number of rotatable bonds is 3. The Bertz CT molecular complexity index is 412. The fraction of sp³-hybridized carbons (Fsp3) is 0.833. The van der Waals surface area contributed by atoms with Crippen LogP contribution in [0.2, 0.25) is 0 Å². The molecule has 1 aliphatic heterocycles. The van der Waals surface area contributed by atoms with Gasteiger partial charge in [-0.05, 0) is 51.1 Å². The number of H-pyrrole nitrogens is 1. The van der Waals surface area contributed by atoms with Gasteiger partial charge >= 0.3 is 0 Å². The summed E-state index contributed by atoms with van der Waals surface area (Å²) in [5.74, 6) is 2.26. The zero-order chi connectivity index (χ0) is 12.4. The highest BCUT2D eigenvalue weighted by atomic mass is 32.1. The van der Waals surface area contributed by atoms with Gasteiger partial charge < -0.3 is 9.47 Å². The van der Waals surface area contributed by atoms with E-state index in [4.69, 9.17) is 12.2 Å². The average molecular weight is 254 g/mol. The van der Waals surface area contributed by atoms with Gasteiger partial charge in [-0.15, -0.1) is 0 Å². The molecule has 2 heterocycles. The molecule has 1 N–H and O–H groups in total. The fourth-order valence-corrected chi connectivity index (χ4v) is 2.66. The van der Waals surface area contributed by atoms with Crippen molar-refractivity contribution in [2.45, 2.75) is 39.2 Å². The number of piperidine rings is 1. The molecule has 1 aromatic heterocycles. The van der Waals surface area contributed by atoms with Gasteiger partial charge in [0.05, 0.1) is 0 Å². The monoisotopic (exact) mass is 254 g/mol. The van der Waals surface area contributed by atoms with Crippen molar-refractivity contribution in [3.8, 4) is 0 Å². The Morgan fingerprint density at radius 3 is 2.65 bits per heavy atom. The molecule has 0 aliphatic carbocycles. The maximum absolute atomic E-state index is 5.32. The van der Waals surface area contributed by atoms with Gasteiger partial charge in [0.2, 0.25) is 0 Å². The van der Waals surface area contributed by atoms with Gasteiger partial charge in [-0.1, -0.05) is 13.8 Å². The molecule has 0 unspecified atom stereocenters. The molecule has 1 fully saturated rings. The first-order valence-corrected chi connectivity index (χ1v) is 6.82. The molecule has 0 radical (unpaired) electrons. The van der Waals surface area contributed by atoms with E-state index >= 15 is 0 Å². The predicted octanol–water partition coefficient (Wildman–Crippen LogP) is 2.41. The van der Waals surface area contributed by atoms with Gasteiger partial charge in [0, 0.05) is 12.5 Å². The average Bonchev–Trinajstić information content (AvgIpc) is 2.64. The first kappa shape index (κ1) is 12.8. The normalized spacial score (nSPS) is 19.1. The molecular formula is C12H22N4S. The Balaban J connectivity index is 2.08. The van der Waals surface area contributed by atoms with E-state index < -0.39 is 0 Å². The van der Waals surface area contributed by atoms with Crippen LogP contribution in [0.25, 0.3) is 0 Å². The van der Waals surface area contributed by atoms with Gasteiger partial charge in [-0.25, -0.2) is 0 Å². The molecule has 1 saturated heterocycles. The van der Waals surface area contributed by atoms with Crippen LogP contribution in [0.4, 0.5) is 0 Å². The molecule has 4 nitrogen and oxygen atoms in total. The molecule has 1 aromatic rings. The summed E-state index contributed by atoms with van der Waals surface area (Å²) in [6.07, 6.45) is 2.53. The summed E-state index contributed by atoms with van der Waals surface area (Å²) < 4.78 is 2.96. The highest BCUT2D eigenvalue weighted by molar-refractivity contribution is 7.71. The van der Waals surface area contributed by atoms with Gasteiger partial charge in [0.15, 0.2) is 4.77 Å². The maximum Gasteiger partial charge on any atom is 0.195 e. The van der Waals surface area contributed by atoms with Crippen LogP contribution in [-0.2, 0) is 6.54 Å². The highest BCUT2D eigenvalue weighted by Gasteiger charge is 2.19. The first-order chi connectivity index (χ1) is 8.08. The lowest BCUT2D eigenvalue weighted by Crippen LogP contribution is -2.32. The van der Waals surface area contributed by atoms with E-state index in [0.717, 1.165) is 23.1 Å². The van der Waals surface area contributed by atoms with Crippen LogP contribution in [-0.4, -0.2) is 39.8 Å². The lowest BCUT2D eigenvalue weighted by Gasteiger charge is -2.29. The molecule has 2 rings (SSSR count). The molecule has 0 spiro atoms. The minimum absolute atomic E-state index is 0.425. The van der Waals surface area contributed by atoms with Gasteiger partial charge in [-0.3, -0.25) is 5.10 Å². The quantitative estimate of drug-likeness (QED) is 0.842. The summed E-state index contributed by atoms with van der Waals surface area (Å²) in [7, 11) is 2.19. The van der Waals surface area contributed by atoms with Crippen molar-refractivity contribution in [1.82, 2.24) is 19.7 Å². The van der Waals surface area contributed by atoms with Crippen LogP contribution < -0.4 is 0 Å². The molecule has 96 valence electrons. The van der Waals surface area contributed by atoms with E-state index in [9.17, 15) is 0 Å². The minimum atomic E-state index is 0.425. The number of hydrogen-bond acceptors (Lipinski definition) is 3. The van der Waals surface area contributed by atoms with Crippen LogP contribution in [0.1, 0.15) is 38.4 Å². The number of nitrogens with one attached hydrogen (secondary N) is 1. The number of aromatic amines is 1. The van der Waals surface area contributed by atoms with E-state index in [1.165, 1.54) is 25.9 Å². The van der Waals surface area contributed by atoms with Crippen LogP contribution in [0.3, 0.4) is 0 Å². The van der Waals surface area contributed by atoms with Crippen molar-refractivity contribution in [2.75, 3.05) is 20.1 Å². The van der Waals surface area contributed by atoms with Crippen molar-refractivity contribution in [1.29, 1.82) is 0 Å². The van der Waals surface area contributed by atoms with Crippen LogP contribution >= 0.6 is 12.2 Å². The number of aromatic nitrogens is 3. The zero-order valence-corrected chi connectivity index (χ0v) is 11.8. The molecule has 1 aliphatic rings. The van der Waals surface area contributed by atoms with Crippen molar-refractivity contribution in [3.63, 3.8) is 0 Å². The number of hydrogen-bond donors (Lipinski definition) is 1. The van der Waals surface area contributed by atoms with Gasteiger partial charge in [0.1, 0.15) is 5.82 Å². The maximum atomic E-state index is 5.32. The molecule has 0 saturated carbocycles. The number of nitrogens with zero attached hydrogens (tertiary/aromatic N) is 3. The zero-order valence-electron chi connectivity index (χ0n) is 10.9. The summed E-state index contributed by atoms with van der Waals surface area (Å²) in [6, 6.07) is 0. The summed E-state index contributed by atoms with van der Waals surface area (Å²) in [5, 5.41) is 7.25. The fourth-order valence-electron chi connectivity index (χ4n) is 2.45. The molecular weight excluding hydrogens is 232 g/mol. The van der Waals surface area contributed by atoms with Crippen LogP contribution in [0.5, 0.6) is 0 Å². The van der Waals surface area contributed by atoms with Crippen molar-refractivity contribution >= 4 is 12.2 Å². The Labute approximate surface area is 108 Å². The van der Waals surface area contributed by atoms with Crippen molar-refractivity contribution < 1.29 is 0 Å². The Kier molecular flexibility index (Phi) is 3.99. The Morgan fingerprint density at radius 2 is 2.06 bits per heavy atom. The lowest BCUT2D eigenvalue weighted by atomic mass is 9.97. The molecule has 0 atom stereocenters. The second kappa shape index (κ2) is 5.31. The largest absolute Gasteiger partial charge is 0.306 e. The van der Waals surface area contributed by atoms with Gasteiger partial charge in [0.25, 0.3) is 0 Å². The summed E-state index contributed by atoms with van der Waals surface area (Å²) in [6.45, 7) is 7.75. The third-order valence-corrected chi connectivity index (χ3v) is 3.89. The van der Waals surface area contributed by atoms with E-state index in [-0.39, 0.29) is 0 Å². The summed E-state index contributed by atoms with van der Waals surface area (Å²) >= 11 is 5.32. The molecule has 17 heavy (non-hydrogen) atoms. The van der Waals surface area contributed by atoms with E-state index in [2.05, 4.69) is 40.6 Å². The topological polar surface area (TPSA) is 36.9 Å². The molecule has 0 amide bonds. The SMILES string of the molecule is CC(C)c1n[nH]c(=S)n1CC1CCN(C)CC1. The van der Waals surface area contributed by atoms with Crippen LogP contribution in [0.15, 0.2) is 0 Å². The smallest absolute Gasteiger partial charge is 0.195 e. The first-order valence-electron chi connectivity index (χ1n) is 6.41. The van der Waals surface area contributed by atoms with E-state index in [0.29, 0.717) is 5.92 Å². The van der Waals surface area contributed by atoms with Crippen LogP contribution in [0, 0.1) is 10.7 Å². The second-order valence-corrected chi connectivity index (χ2v) is 5.79. The summed E-state index contributed by atoms with van der Waals surface area (Å²) in [5.41, 5.74) is 0. The van der Waals surface area contributed by atoms with Crippen molar-refractivity contribution in [3.05, 3.63) is 10.6 Å². The summed E-state index contributed by atoms with van der Waals surface area (Å²) in [4.78, 5) is 2.40. The molecule has 0 aromatic carbocycles. The minimum Gasteiger partial charge on any atom is -0.306 e. The second-order valence-electron chi connectivity index (χ2n) is 5.40. The Morgan fingerprint density at radius 1 is 1.41 bits per heavy atom. The third kappa shape index (κ3) is 2.96. The molecule has 0 bridgehead atoms.